The summed E-state index contributed by atoms with van der Waals surface area (Å²) in [7, 11) is 0. The highest BCUT2D eigenvalue weighted by Crippen LogP contribution is 2.21. The Morgan fingerprint density at radius 3 is 3.08 bits per heavy atom. The van der Waals surface area contributed by atoms with Gasteiger partial charge >= 0.3 is 0 Å². The lowest BCUT2D eigenvalue weighted by Gasteiger charge is -2.30. The highest BCUT2D eigenvalue weighted by atomic mass is 35.5. The number of piperidine rings is 1. The predicted octanol–water partition coefficient (Wildman–Crippen LogP) is 4.60. The lowest BCUT2D eigenvalue weighted by Crippen LogP contribution is -2.33. The zero-order chi connectivity index (χ0) is 17.6. The lowest BCUT2D eigenvalue weighted by atomic mass is 10.0. The molecule has 1 saturated heterocycles. The number of hydrogen-bond donors (Lipinski definition) is 1. The van der Waals surface area contributed by atoms with Crippen molar-refractivity contribution in [3.05, 3.63) is 45.9 Å². The highest BCUT2D eigenvalue weighted by Gasteiger charge is 2.17. The quantitative estimate of drug-likeness (QED) is 0.800. The van der Waals surface area contributed by atoms with Crippen molar-refractivity contribution in [3.63, 3.8) is 0 Å². The smallest absolute Gasteiger partial charge is 0.226 e. The third-order valence-electron chi connectivity index (χ3n) is 4.50. The molecule has 1 unspecified atom stereocenters. The molecular formula is C19H24ClN3OS. The van der Waals surface area contributed by atoms with Gasteiger partial charge in [-0.05, 0) is 43.4 Å². The Hall–Kier alpha value is -1.43. The molecule has 0 aliphatic carbocycles. The second kappa shape index (κ2) is 8.79. The maximum Gasteiger partial charge on any atom is 0.226 e. The Kier molecular flexibility index (Phi) is 6.45. The summed E-state index contributed by atoms with van der Waals surface area (Å²) in [6.07, 6.45) is 3.62. The van der Waals surface area contributed by atoms with Crippen LogP contribution in [0.3, 0.4) is 0 Å². The van der Waals surface area contributed by atoms with Crippen LogP contribution in [0.2, 0.25) is 5.02 Å². The summed E-state index contributed by atoms with van der Waals surface area (Å²) < 4.78 is 0. The van der Waals surface area contributed by atoms with E-state index in [-0.39, 0.29) is 5.91 Å². The van der Waals surface area contributed by atoms with Gasteiger partial charge in [0.1, 0.15) is 0 Å². The summed E-state index contributed by atoms with van der Waals surface area (Å²) in [6.45, 7) is 5.45. The fourth-order valence-corrected chi connectivity index (χ4v) is 4.18. The molecular weight excluding hydrogens is 354 g/mol. The van der Waals surface area contributed by atoms with Crippen molar-refractivity contribution >= 4 is 34.0 Å². The summed E-state index contributed by atoms with van der Waals surface area (Å²) in [4.78, 5) is 19.2. The van der Waals surface area contributed by atoms with E-state index in [1.54, 1.807) is 0 Å². The van der Waals surface area contributed by atoms with Gasteiger partial charge in [-0.2, -0.15) is 0 Å². The average molecular weight is 378 g/mol. The third-order valence-corrected chi connectivity index (χ3v) is 5.68. The molecule has 3 rings (SSSR count). The molecule has 25 heavy (non-hydrogen) atoms. The second-order valence-electron chi connectivity index (χ2n) is 6.77. The van der Waals surface area contributed by atoms with Crippen molar-refractivity contribution in [2.75, 3.05) is 18.4 Å². The number of likely N-dealkylation sites (tertiary alicyclic amines) is 1. The first-order valence-corrected chi connectivity index (χ1v) is 10.1. The minimum Gasteiger partial charge on any atom is -0.302 e. The van der Waals surface area contributed by atoms with Crippen molar-refractivity contribution < 1.29 is 4.79 Å². The molecule has 2 heterocycles. The summed E-state index contributed by atoms with van der Waals surface area (Å²) in [5.41, 5.74) is 2.04. The van der Waals surface area contributed by atoms with E-state index >= 15 is 0 Å². The summed E-state index contributed by atoms with van der Waals surface area (Å²) in [6, 6.07) is 7.64. The van der Waals surface area contributed by atoms with E-state index in [2.05, 4.69) is 22.1 Å². The van der Waals surface area contributed by atoms with Gasteiger partial charge in [-0.25, -0.2) is 4.98 Å². The van der Waals surface area contributed by atoms with Gasteiger partial charge < -0.3 is 5.32 Å². The van der Waals surface area contributed by atoms with Gasteiger partial charge in [-0.3, -0.25) is 9.69 Å². The lowest BCUT2D eigenvalue weighted by molar-refractivity contribution is -0.116. The third kappa shape index (κ3) is 5.53. The van der Waals surface area contributed by atoms with Crippen LogP contribution >= 0.6 is 22.9 Å². The zero-order valence-corrected chi connectivity index (χ0v) is 16.1. The molecule has 1 fully saturated rings. The van der Waals surface area contributed by atoms with Crippen LogP contribution < -0.4 is 5.32 Å². The number of halogens is 1. The number of aromatic nitrogens is 1. The van der Waals surface area contributed by atoms with Gasteiger partial charge in [-0.1, -0.05) is 36.7 Å². The number of rotatable bonds is 6. The molecule has 0 radical (unpaired) electrons. The number of hydrogen-bond acceptors (Lipinski definition) is 4. The minimum atomic E-state index is -0.0209. The van der Waals surface area contributed by atoms with Crippen LogP contribution in [-0.4, -0.2) is 28.9 Å². The van der Waals surface area contributed by atoms with E-state index in [1.807, 2.05) is 29.6 Å². The first-order chi connectivity index (χ1) is 12.1. The van der Waals surface area contributed by atoms with Crippen LogP contribution in [0.15, 0.2) is 29.6 Å². The van der Waals surface area contributed by atoms with Crippen LogP contribution in [0.4, 0.5) is 5.13 Å². The van der Waals surface area contributed by atoms with Crippen LogP contribution in [0.1, 0.15) is 37.4 Å². The minimum absolute atomic E-state index is 0.0209. The van der Waals surface area contributed by atoms with Gasteiger partial charge in [0.2, 0.25) is 5.91 Å². The number of aryl methyl sites for hydroxylation is 1. The van der Waals surface area contributed by atoms with E-state index in [1.165, 1.54) is 24.2 Å². The van der Waals surface area contributed by atoms with Gasteiger partial charge in [0.25, 0.3) is 0 Å². The van der Waals surface area contributed by atoms with Crippen molar-refractivity contribution in [2.45, 2.75) is 39.2 Å². The maximum absolute atomic E-state index is 12.1. The Bertz CT molecular complexity index is 718. The van der Waals surface area contributed by atoms with E-state index in [0.29, 0.717) is 23.0 Å². The van der Waals surface area contributed by atoms with Gasteiger partial charge in [-0.15, -0.1) is 11.3 Å². The van der Waals surface area contributed by atoms with Gasteiger partial charge in [0.05, 0.1) is 5.69 Å². The molecule has 0 saturated carbocycles. The Morgan fingerprint density at radius 1 is 1.44 bits per heavy atom. The number of thiazole rings is 1. The first kappa shape index (κ1) is 18.4. The number of carbonyl (C=O) groups excluding carboxylic acids is 1. The van der Waals surface area contributed by atoms with Crippen molar-refractivity contribution in [3.8, 4) is 0 Å². The van der Waals surface area contributed by atoms with Crippen molar-refractivity contribution in [1.82, 2.24) is 9.88 Å². The Morgan fingerprint density at radius 2 is 2.28 bits per heavy atom. The number of nitrogens with one attached hydrogen (secondary N) is 1. The summed E-state index contributed by atoms with van der Waals surface area (Å²) in [5, 5.41) is 6.34. The van der Waals surface area contributed by atoms with Crippen LogP contribution in [0.5, 0.6) is 0 Å². The van der Waals surface area contributed by atoms with E-state index in [9.17, 15) is 4.79 Å². The monoisotopic (exact) mass is 377 g/mol. The second-order valence-corrected chi connectivity index (χ2v) is 8.03. The molecule has 1 atom stereocenters. The fourth-order valence-electron chi connectivity index (χ4n) is 3.23. The highest BCUT2D eigenvalue weighted by molar-refractivity contribution is 7.13. The molecule has 2 aromatic rings. The van der Waals surface area contributed by atoms with Crippen LogP contribution in [0, 0.1) is 5.92 Å². The van der Waals surface area contributed by atoms with E-state index in [0.717, 1.165) is 36.8 Å². The molecule has 4 nitrogen and oxygen atoms in total. The molecule has 1 aromatic heterocycles. The predicted molar refractivity (Wildman–Crippen MR) is 104 cm³/mol. The maximum atomic E-state index is 12.1. The van der Waals surface area contributed by atoms with Crippen molar-refractivity contribution in [2.24, 2.45) is 5.92 Å². The number of nitrogens with zero attached hydrogens (tertiary/aromatic N) is 2. The normalized spacial score (nSPS) is 18.2. The molecule has 1 aliphatic rings. The van der Waals surface area contributed by atoms with Crippen LogP contribution in [0.25, 0.3) is 0 Å². The molecule has 1 N–H and O–H groups in total. The molecule has 0 bridgehead atoms. The van der Waals surface area contributed by atoms with Gasteiger partial charge in [0.15, 0.2) is 5.13 Å². The number of carbonyl (C=O) groups is 1. The number of anilines is 1. The summed E-state index contributed by atoms with van der Waals surface area (Å²) >= 11 is 7.62. The van der Waals surface area contributed by atoms with E-state index in [4.69, 9.17) is 11.6 Å². The molecule has 1 aliphatic heterocycles. The van der Waals surface area contributed by atoms with Crippen molar-refractivity contribution in [1.29, 1.82) is 0 Å². The molecule has 1 amide bonds. The Labute approximate surface area is 158 Å². The zero-order valence-electron chi connectivity index (χ0n) is 14.5. The number of amides is 1. The summed E-state index contributed by atoms with van der Waals surface area (Å²) in [5.74, 6) is 0.740. The largest absolute Gasteiger partial charge is 0.302 e. The average Bonchev–Trinajstić information content (AvgIpc) is 3.01. The fraction of sp³-hybridized carbons (Fsp3) is 0.474. The first-order valence-electron chi connectivity index (χ1n) is 8.80. The number of benzene rings is 1. The Balaban J connectivity index is 1.47. The molecule has 1 aromatic carbocycles. The molecule has 0 spiro atoms. The molecule has 6 heteroatoms. The van der Waals surface area contributed by atoms with Crippen LogP contribution in [-0.2, 0) is 17.8 Å². The van der Waals surface area contributed by atoms with E-state index < -0.39 is 0 Å². The topological polar surface area (TPSA) is 45.2 Å². The van der Waals surface area contributed by atoms with Gasteiger partial charge in [0, 0.05) is 29.9 Å². The standard InChI is InChI=1S/C19H24ClN3OS/c1-14-5-4-10-23(11-14)12-16-13-25-19(21-16)22-18(24)9-8-15-6-2-3-7-17(15)20/h2-3,6-7,13-14H,4-5,8-12H2,1H3,(H,21,22,24). The SMILES string of the molecule is CC1CCCN(Cc2csc(NC(=O)CCc3ccccc3Cl)n2)C1. The molecule has 134 valence electrons.